The maximum atomic E-state index is 7.03. The summed E-state index contributed by atoms with van der Waals surface area (Å²) < 4.78 is 18.2. The quantitative estimate of drug-likeness (QED) is 0.167. The monoisotopic (exact) mass is 669 g/mol. The van der Waals surface area contributed by atoms with E-state index < -0.39 is 0 Å². The molecular weight excluding hydrogens is 619 g/mol. The summed E-state index contributed by atoms with van der Waals surface area (Å²) >= 11 is 1.90. The van der Waals surface area contributed by atoms with Crippen LogP contribution in [0.1, 0.15) is 59.8 Å². The van der Waals surface area contributed by atoms with Crippen molar-refractivity contribution in [2.24, 2.45) is 11.8 Å². The first-order valence-corrected chi connectivity index (χ1v) is 18.6. The van der Waals surface area contributed by atoms with Gasteiger partial charge >= 0.3 is 0 Å². The number of benzene rings is 2. The van der Waals surface area contributed by atoms with Crippen LogP contribution in [-0.4, -0.2) is 88.5 Å². The number of ether oxygens (including phenoxy) is 2. The number of nitrogens with zero attached hydrogens (tertiary/aromatic N) is 5. The molecule has 256 valence electrons. The van der Waals surface area contributed by atoms with E-state index in [1.807, 2.05) is 23.5 Å². The molecule has 0 amide bonds. The minimum absolute atomic E-state index is 0.165. The van der Waals surface area contributed by atoms with E-state index in [0.717, 1.165) is 82.1 Å². The van der Waals surface area contributed by atoms with Crippen LogP contribution in [0.15, 0.2) is 76.5 Å². The Morgan fingerprint density at radius 3 is 2.17 bits per heavy atom. The predicted molar refractivity (Wildman–Crippen MR) is 194 cm³/mol. The van der Waals surface area contributed by atoms with Crippen molar-refractivity contribution in [1.82, 2.24) is 14.8 Å². The topological polar surface area (TPSA) is 57.5 Å². The number of piperazine rings is 1. The van der Waals surface area contributed by atoms with Crippen molar-refractivity contribution >= 4 is 22.9 Å². The van der Waals surface area contributed by atoms with Gasteiger partial charge in [-0.3, -0.25) is 4.90 Å². The van der Waals surface area contributed by atoms with Gasteiger partial charge in [-0.05, 0) is 92.9 Å². The van der Waals surface area contributed by atoms with Crippen LogP contribution in [0.3, 0.4) is 0 Å². The van der Waals surface area contributed by atoms with Gasteiger partial charge in [-0.1, -0.05) is 36.4 Å². The first-order chi connectivity index (χ1) is 23.6. The van der Waals surface area contributed by atoms with Crippen molar-refractivity contribution in [2.45, 2.75) is 44.2 Å². The standard InChI is InChI=1S/C39H51N5O3S/c1-41(2)36(35-10-7-27-48-35)30-11-13-31(14-12-30)37(43-23-25-46-26-24-43)38-40-34(28-29-8-5-4-6-9-29)39(47-38)44-21-19-42(20-22-44)32-15-17-33(45-3)18-16-32/h4-10,15-18,27,30-31,36-37H,11-14,19-26,28H2,1-3H3. The second-order valence-corrected chi connectivity index (χ2v) is 14.8. The Kier molecular flexibility index (Phi) is 10.7. The summed E-state index contributed by atoms with van der Waals surface area (Å²) in [5, 5.41) is 2.22. The number of hydrogen-bond acceptors (Lipinski definition) is 9. The Labute approximate surface area is 290 Å². The third-order valence-electron chi connectivity index (χ3n) is 10.7. The average Bonchev–Trinajstić information content (AvgIpc) is 3.81. The van der Waals surface area contributed by atoms with E-state index in [9.17, 15) is 0 Å². The number of morpholine rings is 1. The average molecular weight is 670 g/mol. The van der Waals surface area contributed by atoms with Gasteiger partial charge in [0.25, 0.3) is 0 Å². The summed E-state index contributed by atoms with van der Waals surface area (Å²) in [6.07, 6.45) is 5.60. The third-order valence-corrected chi connectivity index (χ3v) is 11.6. The molecule has 4 aromatic rings. The molecule has 0 spiro atoms. The van der Waals surface area contributed by atoms with Gasteiger partial charge in [0.2, 0.25) is 11.8 Å². The fraction of sp³-hybridized carbons (Fsp3) is 0.513. The second-order valence-electron chi connectivity index (χ2n) is 13.8. The lowest BCUT2D eigenvalue weighted by Gasteiger charge is -2.42. The molecule has 0 bridgehead atoms. The van der Waals surface area contributed by atoms with Crippen molar-refractivity contribution < 1.29 is 13.9 Å². The van der Waals surface area contributed by atoms with E-state index in [2.05, 4.69) is 93.7 Å². The summed E-state index contributed by atoms with van der Waals surface area (Å²) in [5.74, 6) is 3.92. The third kappa shape index (κ3) is 7.44. The Bertz CT molecular complexity index is 1540. The molecule has 7 rings (SSSR count). The normalized spacial score (nSPS) is 22.2. The van der Waals surface area contributed by atoms with E-state index >= 15 is 0 Å². The molecule has 8 nitrogen and oxygen atoms in total. The summed E-state index contributed by atoms with van der Waals surface area (Å²) in [4.78, 5) is 16.8. The van der Waals surface area contributed by atoms with E-state index in [4.69, 9.17) is 18.9 Å². The Morgan fingerprint density at radius 1 is 0.833 bits per heavy atom. The zero-order valence-electron chi connectivity index (χ0n) is 28.8. The highest BCUT2D eigenvalue weighted by Gasteiger charge is 2.40. The number of aromatic nitrogens is 1. The molecule has 2 aromatic carbocycles. The van der Waals surface area contributed by atoms with Gasteiger partial charge in [-0.2, -0.15) is 0 Å². The van der Waals surface area contributed by atoms with Crippen LogP contribution in [0.25, 0.3) is 0 Å². The van der Waals surface area contributed by atoms with Crippen LogP contribution in [0, 0.1) is 11.8 Å². The SMILES string of the molecule is COc1ccc(N2CCN(c3oc(C(C4CCC(C(c5cccs5)N(C)C)CC4)N4CCOCC4)nc3Cc3ccccc3)CC2)cc1. The first kappa shape index (κ1) is 33.1. The highest BCUT2D eigenvalue weighted by atomic mass is 32.1. The molecule has 4 heterocycles. The molecule has 9 heteroatoms. The van der Waals surface area contributed by atoms with Crippen LogP contribution >= 0.6 is 11.3 Å². The number of thiophene rings is 1. The zero-order chi connectivity index (χ0) is 32.9. The highest BCUT2D eigenvalue weighted by Crippen LogP contribution is 2.46. The fourth-order valence-corrected chi connectivity index (χ4v) is 9.27. The predicted octanol–water partition coefficient (Wildman–Crippen LogP) is 7.14. The van der Waals surface area contributed by atoms with Gasteiger partial charge in [0.1, 0.15) is 11.4 Å². The van der Waals surface area contributed by atoms with Crippen LogP contribution in [0.5, 0.6) is 5.75 Å². The Balaban J connectivity index is 1.14. The van der Waals surface area contributed by atoms with Gasteiger partial charge in [0.05, 0.1) is 26.4 Å². The molecule has 1 saturated carbocycles. The molecule has 2 aromatic heterocycles. The molecule has 2 atom stereocenters. The largest absolute Gasteiger partial charge is 0.497 e. The zero-order valence-corrected chi connectivity index (χ0v) is 29.6. The number of oxazole rings is 1. The lowest BCUT2D eigenvalue weighted by Crippen LogP contribution is -2.46. The fourth-order valence-electron chi connectivity index (χ4n) is 8.26. The maximum Gasteiger partial charge on any atom is 0.220 e. The Morgan fingerprint density at radius 2 is 1.52 bits per heavy atom. The molecule has 2 unspecified atom stereocenters. The van der Waals surface area contributed by atoms with Gasteiger partial charge in [0.15, 0.2) is 0 Å². The first-order valence-electron chi connectivity index (χ1n) is 17.8. The number of methoxy groups -OCH3 is 1. The van der Waals surface area contributed by atoms with Crippen molar-refractivity contribution in [2.75, 3.05) is 83.5 Å². The lowest BCUT2D eigenvalue weighted by atomic mass is 9.74. The smallest absolute Gasteiger partial charge is 0.220 e. The van der Waals surface area contributed by atoms with Crippen LogP contribution in [0.2, 0.25) is 0 Å². The molecule has 0 radical (unpaired) electrons. The van der Waals surface area contributed by atoms with Gasteiger partial charge in [0, 0.05) is 62.3 Å². The van der Waals surface area contributed by atoms with Gasteiger partial charge < -0.3 is 28.6 Å². The molecule has 2 aliphatic heterocycles. The highest BCUT2D eigenvalue weighted by molar-refractivity contribution is 7.10. The van der Waals surface area contributed by atoms with Crippen molar-refractivity contribution in [3.8, 4) is 5.75 Å². The minimum atomic E-state index is 0.165. The lowest BCUT2D eigenvalue weighted by molar-refractivity contribution is -0.0150. The summed E-state index contributed by atoms with van der Waals surface area (Å²) in [5.41, 5.74) is 3.56. The molecule has 0 N–H and O–H groups in total. The van der Waals surface area contributed by atoms with Gasteiger partial charge in [-0.15, -0.1) is 11.3 Å². The van der Waals surface area contributed by atoms with E-state index in [1.165, 1.54) is 41.8 Å². The summed E-state index contributed by atoms with van der Waals surface area (Å²) in [6.45, 7) is 7.03. The van der Waals surface area contributed by atoms with Crippen molar-refractivity contribution in [1.29, 1.82) is 0 Å². The van der Waals surface area contributed by atoms with Crippen LogP contribution in [0.4, 0.5) is 11.6 Å². The number of anilines is 2. The molecule has 48 heavy (non-hydrogen) atoms. The van der Waals surface area contributed by atoms with Gasteiger partial charge in [-0.25, -0.2) is 4.98 Å². The van der Waals surface area contributed by atoms with Crippen molar-refractivity contribution in [3.05, 3.63) is 94.1 Å². The molecule has 3 aliphatic rings. The van der Waals surface area contributed by atoms with E-state index in [-0.39, 0.29) is 6.04 Å². The molecular formula is C39H51N5O3S. The second kappa shape index (κ2) is 15.5. The molecule has 3 fully saturated rings. The number of hydrogen-bond donors (Lipinski definition) is 0. The van der Waals surface area contributed by atoms with Crippen LogP contribution < -0.4 is 14.5 Å². The summed E-state index contributed by atoms with van der Waals surface area (Å²) in [6, 6.07) is 24.3. The number of rotatable bonds is 11. The van der Waals surface area contributed by atoms with Crippen LogP contribution in [-0.2, 0) is 11.2 Å². The van der Waals surface area contributed by atoms with E-state index in [0.29, 0.717) is 17.9 Å². The Hall–Kier alpha value is -3.37. The molecule has 2 saturated heterocycles. The summed E-state index contributed by atoms with van der Waals surface area (Å²) in [7, 11) is 6.20. The minimum Gasteiger partial charge on any atom is -0.497 e. The van der Waals surface area contributed by atoms with Crippen molar-refractivity contribution in [3.63, 3.8) is 0 Å². The van der Waals surface area contributed by atoms with E-state index in [1.54, 1.807) is 7.11 Å². The molecule has 1 aliphatic carbocycles. The maximum absolute atomic E-state index is 7.03.